The van der Waals surface area contributed by atoms with E-state index in [2.05, 4.69) is 11.1 Å². The summed E-state index contributed by atoms with van der Waals surface area (Å²) in [6, 6.07) is 4.05. The highest BCUT2D eigenvalue weighted by Gasteiger charge is 2.12. The van der Waals surface area contributed by atoms with Crippen LogP contribution >= 0.6 is 22.7 Å². The molecule has 5 heteroatoms. The van der Waals surface area contributed by atoms with Crippen LogP contribution in [0.2, 0.25) is 0 Å². The highest BCUT2D eigenvalue weighted by Crippen LogP contribution is 2.17. The van der Waals surface area contributed by atoms with Gasteiger partial charge >= 0.3 is 5.97 Å². The third-order valence-electron chi connectivity index (χ3n) is 2.02. The summed E-state index contributed by atoms with van der Waals surface area (Å²) in [4.78, 5) is 16.5. The van der Waals surface area contributed by atoms with Crippen molar-refractivity contribution in [1.29, 1.82) is 0 Å². The second kappa shape index (κ2) is 4.55. The van der Waals surface area contributed by atoms with Crippen LogP contribution in [0, 0.1) is 0 Å². The quantitative estimate of drug-likeness (QED) is 0.892. The van der Waals surface area contributed by atoms with Crippen molar-refractivity contribution in [3.8, 4) is 0 Å². The molecule has 2 heterocycles. The number of hydrogen-bond acceptors (Lipinski definition) is 4. The molecule has 2 aromatic rings. The number of thiazole rings is 1. The molecule has 0 atom stereocenters. The van der Waals surface area contributed by atoms with Gasteiger partial charge in [-0.25, -0.2) is 9.78 Å². The lowest BCUT2D eigenvalue weighted by molar-refractivity contribution is 0.0700. The molecule has 15 heavy (non-hydrogen) atoms. The van der Waals surface area contributed by atoms with Crippen LogP contribution < -0.4 is 0 Å². The topological polar surface area (TPSA) is 50.2 Å². The summed E-state index contributed by atoms with van der Waals surface area (Å²) in [6.45, 7) is 0. The Balaban J connectivity index is 2.05. The van der Waals surface area contributed by atoms with E-state index in [-0.39, 0.29) is 0 Å². The number of carboxylic acid groups (broad SMARTS) is 1. The third kappa shape index (κ3) is 2.43. The van der Waals surface area contributed by atoms with Crippen LogP contribution in [-0.4, -0.2) is 16.1 Å². The smallest absolute Gasteiger partial charge is 0.347 e. The minimum Gasteiger partial charge on any atom is -0.477 e. The van der Waals surface area contributed by atoms with Gasteiger partial charge in [0.1, 0.15) is 4.88 Å². The maximum atomic E-state index is 10.8. The molecule has 0 aliphatic heterocycles. The van der Waals surface area contributed by atoms with Gasteiger partial charge in [-0.05, 0) is 24.3 Å². The van der Waals surface area contributed by atoms with E-state index in [9.17, 15) is 4.79 Å². The highest BCUT2D eigenvalue weighted by atomic mass is 32.1. The first-order chi connectivity index (χ1) is 7.27. The number of thiophene rings is 1. The third-order valence-corrected chi connectivity index (χ3v) is 3.82. The molecule has 0 saturated heterocycles. The maximum absolute atomic E-state index is 10.8. The van der Waals surface area contributed by atoms with Crippen molar-refractivity contribution >= 4 is 28.6 Å². The number of nitrogens with zero attached hydrogens (tertiary/aromatic N) is 1. The Kier molecular flexibility index (Phi) is 3.13. The highest BCUT2D eigenvalue weighted by molar-refractivity contribution is 7.11. The van der Waals surface area contributed by atoms with Crippen LogP contribution in [0.4, 0.5) is 0 Å². The van der Waals surface area contributed by atoms with Crippen molar-refractivity contribution in [2.24, 2.45) is 0 Å². The molecule has 0 aromatic carbocycles. The van der Waals surface area contributed by atoms with Crippen molar-refractivity contribution in [2.45, 2.75) is 12.8 Å². The standard InChI is InChI=1S/C10H9NO2S2/c12-10(13)9-8(11-6-15-9)4-3-7-2-1-5-14-7/h1-2,5-6H,3-4H2,(H,12,13). The first-order valence-electron chi connectivity index (χ1n) is 4.45. The molecule has 3 nitrogen and oxygen atoms in total. The number of aryl methyl sites for hydroxylation is 2. The molecule has 78 valence electrons. The Hall–Kier alpha value is -1.20. The van der Waals surface area contributed by atoms with Crippen LogP contribution in [0.3, 0.4) is 0 Å². The Labute approximate surface area is 95.0 Å². The van der Waals surface area contributed by atoms with E-state index in [0.717, 1.165) is 6.42 Å². The van der Waals surface area contributed by atoms with E-state index in [4.69, 9.17) is 5.11 Å². The zero-order valence-corrected chi connectivity index (χ0v) is 9.48. The minimum absolute atomic E-state index is 0.367. The van der Waals surface area contributed by atoms with E-state index < -0.39 is 5.97 Å². The van der Waals surface area contributed by atoms with Gasteiger partial charge in [-0.2, -0.15) is 0 Å². The summed E-state index contributed by atoms with van der Waals surface area (Å²) in [5.41, 5.74) is 2.29. The van der Waals surface area contributed by atoms with Crippen molar-refractivity contribution in [1.82, 2.24) is 4.98 Å². The molecule has 0 bridgehead atoms. The number of carbonyl (C=O) groups is 1. The van der Waals surface area contributed by atoms with Crippen LogP contribution in [-0.2, 0) is 12.8 Å². The zero-order chi connectivity index (χ0) is 10.7. The Morgan fingerprint density at radius 3 is 2.93 bits per heavy atom. The average molecular weight is 239 g/mol. The number of carboxylic acids is 1. The van der Waals surface area contributed by atoms with Gasteiger partial charge in [0.2, 0.25) is 0 Å². The van der Waals surface area contributed by atoms with E-state index >= 15 is 0 Å². The minimum atomic E-state index is -0.876. The predicted molar refractivity (Wildman–Crippen MR) is 60.8 cm³/mol. The Morgan fingerprint density at radius 1 is 1.40 bits per heavy atom. The Morgan fingerprint density at radius 2 is 2.27 bits per heavy atom. The van der Waals surface area contributed by atoms with Gasteiger partial charge in [0.05, 0.1) is 11.2 Å². The van der Waals surface area contributed by atoms with Crippen molar-refractivity contribution in [2.75, 3.05) is 0 Å². The molecule has 0 amide bonds. The van der Waals surface area contributed by atoms with Gasteiger partial charge < -0.3 is 5.11 Å². The fraction of sp³-hybridized carbons (Fsp3) is 0.200. The number of hydrogen-bond donors (Lipinski definition) is 1. The predicted octanol–water partition coefficient (Wildman–Crippen LogP) is 2.69. The van der Waals surface area contributed by atoms with E-state index in [0.29, 0.717) is 17.0 Å². The number of aromatic carboxylic acids is 1. The van der Waals surface area contributed by atoms with Crippen LogP contribution in [0.5, 0.6) is 0 Å². The van der Waals surface area contributed by atoms with Crippen molar-refractivity contribution < 1.29 is 9.90 Å². The molecular weight excluding hydrogens is 230 g/mol. The lowest BCUT2D eigenvalue weighted by Gasteiger charge is -1.96. The fourth-order valence-corrected chi connectivity index (χ4v) is 2.70. The fourth-order valence-electron chi connectivity index (χ4n) is 1.32. The van der Waals surface area contributed by atoms with Gasteiger partial charge in [-0.1, -0.05) is 6.07 Å². The van der Waals surface area contributed by atoms with Gasteiger partial charge in [0, 0.05) is 4.88 Å². The second-order valence-corrected chi connectivity index (χ2v) is 4.90. The van der Waals surface area contributed by atoms with E-state index in [1.54, 1.807) is 16.8 Å². The summed E-state index contributed by atoms with van der Waals surface area (Å²) < 4.78 is 0. The lowest BCUT2D eigenvalue weighted by atomic mass is 10.2. The first-order valence-corrected chi connectivity index (χ1v) is 6.21. The monoisotopic (exact) mass is 239 g/mol. The number of rotatable bonds is 4. The van der Waals surface area contributed by atoms with Crippen LogP contribution in [0.25, 0.3) is 0 Å². The largest absolute Gasteiger partial charge is 0.477 e. The normalized spacial score (nSPS) is 10.4. The maximum Gasteiger partial charge on any atom is 0.347 e. The number of aromatic nitrogens is 1. The molecule has 0 fully saturated rings. The van der Waals surface area contributed by atoms with Gasteiger partial charge in [-0.15, -0.1) is 22.7 Å². The molecule has 0 radical (unpaired) electrons. The van der Waals surface area contributed by atoms with Gasteiger partial charge in [0.25, 0.3) is 0 Å². The molecular formula is C10H9NO2S2. The zero-order valence-electron chi connectivity index (χ0n) is 7.84. The molecule has 0 unspecified atom stereocenters. The van der Waals surface area contributed by atoms with Crippen LogP contribution in [0.15, 0.2) is 23.0 Å². The summed E-state index contributed by atoms with van der Waals surface area (Å²) in [5.74, 6) is -0.876. The lowest BCUT2D eigenvalue weighted by Crippen LogP contribution is -2.00. The molecule has 2 rings (SSSR count). The van der Waals surface area contributed by atoms with E-state index in [1.165, 1.54) is 16.2 Å². The van der Waals surface area contributed by atoms with Crippen molar-refractivity contribution in [3.05, 3.63) is 38.5 Å². The van der Waals surface area contributed by atoms with Gasteiger partial charge in [-0.3, -0.25) is 0 Å². The molecule has 0 saturated carbocycles. The molecule has 0 spiro atoms. The van der Waals surface area contributed by atoms with E-state index in [1.807, 2.05) is 11.4 Å². The van der Waals surface area contributed by atoms with Gasteiger partial charge in [0.15, 0.2) is 0 Å². The molecule has 1 N–H and O–H groups in total. The first kappa shape index (κ1) is 10.3. The second-order valence-electron chi connectivity index (χ2n) is 3.01. The Bertz CT molecular complexity index is 448. The van der Waals surface area contributed by atoms with Crippen LogP contribution in [0.1, 0.15) is 20.2 Å². The SMILES string of the molecule is O=C(O)c1scnc1CCc1cccs1. The summed E-state index contributed by atoms with van der Waals surface area (Å²) >= 11 is 2.87. The molecule has 0 aliphatic rings. The summed E-state index contributed by atoms with van der Waals surface area (Å²) in [6.07, 6.45) is 1.56. The average Bonchev–Trinajstić information content (AvgIpc) is 2.86. The molecule has 0 aliphatic carbocycles. The summed E-state index contributed by atoms with van der Waals surface area (Å²) in [5, 5.41) is 10.9. The molecule has 2 aromatic heterocycles. The van der Waals surface area contributed by atoms with Crippen molar-refractivity contribution in [3.63, 3.8) is 0 Å². The summed E-state index contributed by atoms with van der Waals surface area (Å²) in [7, 11) is 0.